The van der Waals surface area contributed by atoms with Gasteiger partial charge in [-0.05, 0) is 73.6 Å². The van der Waals surface area contributed by atoms with Gasteiger partial charge in [-0.3, -0.25) is 0 Å². The van der Waals surface area contributed by atoms with E-state index in [9.17, 15) is 0 Å². The Labute approximate surface area is 185 Å². The van der Waals surface area contributed by atoms with Crippen LogP contribution in [0.15, 0.2) is 41.6 Å². The third-order valence-corrected chi connectivity index (χ3v) is 6.50. The van der Waals surface area contributed by atoms with Gasteiger partial charge in [-0.1, -0.05) is 20.3 Å². The zero-order valence-corrected chi connectivity index (χ0v) is 19.3. The summed E-state index contributed by atoms with van der Waals surface area (Å²) in [6, 6.07) is 8.38. The fraction of sp³-hybridized carbons (Fsp3) is 0.565. The predicted molar refractivity (Wildman–Crippen MR) is 126 cm³/mol. The van der Waals surface area contributed by atoms with Crippen molar-refractivity contribution in [3.05, 3.63) is 42.2 Å². The Bertz CT molecular complexity index is 705. The van der Waals surface area contributed by atoms with Crippen LogP contribution >= 0.6 is 11.8 Å². The first-order valence-electron chi connectivity index (χ1n) is 10.5. The van der Waals surface area contributed by atoms with E-state index in [1.807, 2.05) is 12.4 Å². The second-order valence-corrected chi connectivity index (χ2v) is 8.64. The number of thioether (sulfide) groups is 1. The zero-order chi connectivity index (χ0) is 19.8. The SMILES string of the molecule is CCCc1cnc(N2CCC([C@H](C)CCOc3ccc(SC)cc3)CC2)nc1.O.O. The standard InChI is InChI=1S/C23H33N3OS.2H2O/c1-4-5-19-16-24-23(25-17-19)26-13-10-20(11-14-26)18(2)12-15-27-21-6-8-22(28-3)9-7-21;;/h6-9,16-18,20H,4-5,10-15H2,1-3H3;2*1H2/t18-;;/m1../s1. The molecule has 0 bridgehead atoms. The van der Waals surface area contributed by atoms with Crippen LogP contribution in [0.2, 0.25) is 0 Å². The summed E-state index contributed by atoms with van der Waals surface area (Å²) in [4.78, 5) is 12.8. The minimum absolute atomic E-state index is 0. The van der Waals surface area contributed by atoms with Gasteiger partial charge in [-0.15, -0.1) is 11.8 Å². The van der Waals surface area contributed by atoms with Gasteiger partial charge in [0.1, 0.15) is 5.75 Å². The topological polar surface area (TPSA) is 101 Å². The number of piperidine rings is 1. The van der Waals surface area contributed by atoms with Crippen molar-refractivity contribution in [2.45, 2.75) is 50.8 Å². The summed E-state index contributed by atoms with van der Waals surface area (Å²) in [6.07, 6.45) is 11.8. The lowest BCUT2D eigenvalue weighted by Crippen LogP contribution is -2.37. The number of anilines is 1. The van der Waals surface area contributed by atoms with Gasteiger partial charge >= 0.3 is 0 Å². The van der Waals surface area contributed by atoms with E-state index in [-0.39, 0.29) is 11.0 Å². The molecule has 1 aromatic carbocycles. The molecule has 0 saturated carbocycles. The molecule has 6 nitrogen and oxygen atoms in total. The van der Waals surface area contributed by atoms with E-state index < -0.39 is 0 Å². The summed E-state index contributed by atoms with van der Waals surface area (Å²) in [5, 5.41) is 0. The zero-order valence-electron chi connectivity index (χ0n) is 18.4. The van der Waals surface area contributed by atoms with Gasteiger partial charge in [0.2, 0.25) is 5.95 Å². The molecule has 1 fully saturated rings. The maximum atomic E-state index is 5.95. The molecular formula is C23H37N3O3S. The predicted octanol–water partition coefficient (Wildman–Crippen LogP) is 3.82. The molecule has 0 spiro atoms. The molecule has 1 aliphatic heterocycles. The highest BCUT2D eigenvalue weighted by molar-refractivity contribution is 7.98. The van der Waals surface area contributed by atoms with Crippen LogP contribution in [0, 0.1) is 11.8 Å². The molecule has 4 N–H and O–H groups in total. The van der Waals surface area contributed by atoms with Crippen LogP contribution in [0.3, 0.4) is 0 Å². The Morgan fingerprint density at radius 3 is 2.30 bits per heavy atom. The van der Waals surface area contributed by atoms with Gasteiger partial charge in [0.05, 0.1) is 6.61 Å². The molecule has 168 valence electrons. The molecule has 1 aliphatic rings. The molecule has 0 aliphatic carbocycles. The van der Waals surface area contributed by atoms with Crippen molar-refractivity contribution in [1.29, 1.82) is 0 Å². The second-order valence-electron chi connectivity index (χ2n) is 7.76. The van der Waals surface area contributed by atoms with Crippen LogP contribution in [-0.2, 0) is 6.42 Å². The lowest BCUT2D eigenvalue weighted by Gasteiger charge is -2.35. The van der Waals surface area contributed by atoms with Gasteiger partial charge in [0.25, 0.3) is 0 Å². The van der Waals surface area contributed by atoms with Gasteiger partial charge in [-0.25, -0.2) is 9.97 Å². The Hall–Kier alpha value is -1.83. The fourth-order valence-electron chi connectivity index (χ4n) is 3.87. The van der Waals surface area contributed by atoms with Crippen LogP contribution in [0.1, 0.15) is 45.1 Å². The Morgan fingerprint density at radius 2 is 1.73 bits per heavy atom. The number of ether oxygens (including phenoxy) is 1. The number of aryl methyl sites for hydroxylation is 1. The quantitative estimate of drug-likeness (QED) is 0.557. The summed E-state index contributed by atoms with van der Waals surface area (Å²) in [5.74, 6) is 3.31. The highest BCUT2D eigenvalue weighted by Gasteiger charge is 2.25. The molecule has 1 saturated heterocycles. The number of nitrogens with zero attached hydrogens (tertiary/aromatic N) is 3. The Morgan fingerprint density at radius 1 is 1.10 bits per heavy atom. The smallest absolute Gasteiger partial charge is 0.225 e. The summed E-state index contributed by atoms with van der Waals surface area (Å²) in [5.41, 5.74) is 1.23. The first-order chi connectivity index (χ1) is 13.7. The molecule has 2 aromatic rings. The van der Waals surface area contributed by atoms with Crippen LogP contribution in [0.4, 0.5) is 5.95 Å². The van der Waals surface area contributed by atoms with E-state index in [1.54, 1.807) is 11.8 Å². The summed E-state index contributed by atoms with van der Waals surface area (Å²) >= 11 is 1.76. The maximum absolute atomic E-state index is 5.95. The number of aromatic nitrogens is 2. The normalized spacial score (nSPS) is 15.1. The van der Waals surface area contributed by atoms with Crippen molar-refractivity contribution in [2.75, 3.05) is 30.9 Å². The van der Waals surface area contributed by atoms with E-state index in [4.69, 9.17) is 4.74 Å². The third-order valence-electron chi connectivity index (χ3n) is 5.76. The van der Waals surface area contributed by atoms with Crippen LogP contribution < -0.4 is 9.64 Å². The van der Waals surface area contributed by atoms with Crippen molar-refractivity contribution in [3.8, 4) is 5.75 Å². The van der Waals surface area contributed by atoms with Gasteiger partial charge in [0.15, 0.2) is 0 Å². The van der Waals surface area contributed by atoms with Crippen molar-refractivity contribution in [2.24, 2.45) is 11.8 Å². The lowest BCUT2D eigenvalue weighted by molar-refractivity contribution is 0.222. The molecule has 1 aromatic heterocycles. The molecule has 2 heterocycles. The van der Waals surface area contributed by atoms with Crippen LogP contribution in [0.25, 0.3) is 0 Å². The molecule has 30 heavy (non-hydrogen) atoms. The number of hydrogen-bond donors (Lipinski definition) is 0. The van der Waals surface area contributed by atoms with Gasteiger partial charge in [-0.2, -0.15) is 0 Å². The molecule has 0 radical (unpaired) electrons. The average molecular weight is 436 g/mol. The summed E-state index contributed by atoms with van der Waals surface area (Å²) in [7, 11) is 0. The van der Waals surface area contributed by atoms with Crippen LogP contribution in [-0.4, -0.2) is 46.9 Å². The second kappa shape index (κ2) is 13.5. The lowest BCUT2D eigenvalue weighted by atomic mass is 9.84. The van der Waals surface area contributed by atoms with Crippen molar-refractivity contribution < 1.29 is 15.7 Å². The van der Waals surface area contributed by atoms with Crippen molar-refractivity contribution in [1.82, 2.24) is 9.97 Å². The first kappa shape index (κ1) is 26.2. The number of hydrogen-bond acceptors (Lipinski definition) is 5. The van der Waals surface area contributed by atoms with Crippen LogP contribution in [0.5, 0.6) is 5.75 Å². The molecule has 3 rings (SSSR count). The number of rotatable bonds is 9. The number of benzene rings is 1. The van der Waals surface area contributed by atoms with Crippen molar-refractivity contribution in [3.63, 3.8) is 0 Å². The average Bonchev–Trinajstić information content (AvgIpc) is 2.75. The summed E-state index contributed by atoms with van der Waals surface area (Å²) in [6.45, 7) is 7.46. The minimum Gasteiger partial charge on any atom is -0.494 e. The van der Waals surface area contributed by atoms with E-state index in [0.717, 1.165) is 56.6 Å². The van der Waals surface area contributed by atoms with Gasteiger partial charge in [0, 0.05) is 30.4 Å². The van der Waals surface area contributed by atoms with E-state index in [0.29, 0.717) is 5.92 Å². The monoisotopic (exact) mass is 435 g/mol. The highest BCUT2D eigenvalue weighted by atomic mass is 32.2. The Kier molecular flexibility index (Phi) is 11.8. The molecule has 1 atom stereocenters. The molecule has 0 amide bonds. The highest BCUT2D eigenvalue weighted by Crippen LogP contribution is 2.29. The Balaban J connectivity index is 0.00000225. The molecule has 7 heteroatoms. The van der Waals surface area contributed by atoms with E-state index in [2.05, 4.69) is 59.2 Å². The molecular weight excluding hydrogens is 398 g/mol. The maximum Gasteiger partial charge on any atom is 0.225 e. The van der Waals surface area contributed by atoms with Gasteiger partial charge < -0.3 is 20.6 Å². The first-order valence-corrected chi connectivity index (χ1v) is 11.7. The molecule has 0 unspecified atom stereocenters. The summed E-state index contributed by atoms with van der Waals surface area (Å²) < 4.78 is 5.95. The van der Waals surface area contributed by atoms with E-state index >= 15 is 0 Å². The minimum atomic E-state index is 0. The largest absolute Gasteiger partial charge is 0.494 e. The third kappa shape index (κ3) is 7.45. The fourth-order valence-corrected chi connectivity index (χ4v) is 4.28. The van der Waals surface area contributed by atoms with Crippen molar-refractivity contribution >= 4 is 17.7 Å². The van der Waals surface area contributed by atoms with E-state index in [1.165, 1.54) is 23.3 Å².